The fraction of sp³-hybridized carbons (Fsp3) is 0.571. The van der Waals surface area contributed by atoms with Crippen LogP contribution in [0.4, 0.5) is 0 Å². The molecule has 0 fully saturated rings. The van der Waals surface area contributed by atoms with Gasteiger partial charge in [-0.3, -0.25) is 0 Å². The molecule has 0 N–H and O–H groups in total. The van der Waals surface area contributed by atoms with Gasteiger partial charge in [-0.2, -0.15) is 0 Å². The van der Waals surface area contributed by atoms with E-state index in [0.29, 0.717) is 5.41 Å². The molecule has 0 saturated carbocycles. The summed E-state index contributed by atoms with van der Waals surface area (Å²) in [4.78, 5) is 0. The molecular weight excluding hydrogens is 248 g/mol. The molecule has 0 aliphatic rings. The first-order chi connectivity index (χ1) is 6.79. The van der Waals surface area contributed by atoms with Crippen LogP contribution in [-0.2, 0) is 6.42 Å². The minimum absolute atomic E-state index is 0.227. The van der Waals surface area contributed by atoms with Crippen molar-refractivity contribution in [3.63, 3.8) is 0 Å². The molecule has 0 radical (unpaired) electrons. The summed E-state index contributed by atoms with van der Waals surface area (Å²) in [6, 6.07) is 10.7. The van der Waals surface area contributed by atoms with Crippen LogP contribution in [0, 0.1) is 5.41 Å². The zero-order valence-corrected chi connectivity index (χ0v) is 11.8. The van der Waals surface area contributed by atoms with Crippen molar-refractivity contribution in [1.29, 1.82) is 0 Å². The maximum Gasteiger partial charge on any atom is 0.0206 e. The van der Waals surface area contributed by atoms with Gasteiger partial charge in [0.15, 0.2) is 0 Å². The first kappa shape index (κ1) is 12.8. The Kier molecular flexibility index (Phi) is 3.99. The first-order valence-electron chi connectivity index (χ1n) is 5.51. The molecule has 0 unspecified atom stereocenters. The number of hydrogen-bond acceptors (Lipinski definition) is 0. The number of halogens is 1. The van der Waals surface area contributed by atoms with Crippen LogP contribution in [0.1, 0.15) is 39.7 Å². The molecule has 0 bridgehead atoms. The van der Waals surface area contributed by atoms with Gasteiger partial charge in [-0.25, -0.2) is 0 Å². The van der Waals surface area contributed by atoms with Crippen molar-refractivity contribution >= 4 is 15.9 Å². The summed E-state index contributed by atoms with van der Waals surface area (Å²) in [6.07, 6.45) is 2.32. The number of alkyl halides is 1. The minimum Gasteiger partial charge on any atom is -0.0859 e. The average molecular weight is 269 g/mol. The Morgan fingerprint density at radius 1 is 1.00 bits per heavy atom. The van der Waals surface area contributed by atoms with Crippen LogP contribution in [0.25, 0.3) is 0 Å². The molecule has 0 amide bonds. The second kappa shape index (κ2) is 4.69. The lowest BCUT2D eigenvalue weighted by atomic mass is 9.79. The highest BCUT2D eigenvalue weighted by Gasteiger charge is 2.26. The third kappa shape index (κ3) is 5.36. The summed E-state index contributed by atoms with van der Waals surface area (Å²) in [5, 5.41) is 0. The van der Waals surface area contributed by atoms with E-state index in [4.69, 9.17) is 0 Å². The molecule has 1 heteroatoms. The molecule has 0 atom stereocenters. The van der Waals surface area contributed by atoms with Crippen molar-refractivity contribution in [2.75, 3.05) is 0 Å². The van der Waals surface area contributed by atoms with Crippen molar-refractivity contribution in [2.45, 2.75) is 44.9 Å². The van der Waals surface area contributed by atoms with Crippen molar-refractivity contribution in [3.8, 4) is 0 Å². The van der Waals surface area contributed by atoms with Crippen LogP contribution in [0.15, 0.2) is 30.3 Å². The van der Waals surface area contributed by atoms with Crippen molar-refractivity contribution < 1.29 is 0 Å². The molecule has 1 aromatic rings. The van der Waals surface area contributed by atoms with Crippen LogP contribution in [-0.4, -0.2) is 4.32 Å². The second-order valence-corrected chi connectivity index (χ2v) is 7.87. The van der Waals surface area contributed by atoms with Crippen LogP contribution < -0.4 is 0 Å². The van der Waals surface area contributed by atoms with Crippen LogP contribution >= 0.6 is 15.9 Å². The topological polar surface area (TPSA) is 0 Å². The quantitative estimate of drug-likeness (QED) is 0.687. The van der Waals surface area contributed by atoms with E-state index in [0.717, 1.165) is 6.42 Å². The molecule has 0 nitrogen and oxygen atoms in total. The Hall–Kier alpha value is -0.300. The van der Waals surface area contributed by atoms with Gasteiger partial charge in [-0.15, -0.1) is 0 Å². The van der Waals surface area contributed by atoms with Gasteiger partial charge in [0.25, 0.3) is 0 Å². The number of hydrogen-bond donors (Lipinski definition) is 0. The molecule has 1 aromatic carbocycles. The minimum atomic E-state index is 0.227. The second-order valence-electron chi connectivity index (χ2n) is 5.72. The van der Waals surface area contributed by atoms with E-state index in [-0.39, 0.29) is 4.32 Å². The highest BCUT2D eigenvalue weighted by atomic mass is 79.9. The largest absolute Gasteiger partial charge is 0.0859 e. The highest BCUT2D eigenvalue weighted by molar-refractivity contribution is 9.10. The molecule has 0 saturated heterocycles. The lowest BCUT2D eigenvalue weighted by molar-refractivity contribution is 0.304. The summed E-state index contributed by atoms with van der Waals surface area (Å²) in [5.41, 5.74) is 1.77. The van der Waals surface area contributed by atoms with Gasteiger partial charge >= 0.3 is 0 Å². The van der Waals surface area contributed by atoms with Gasteiger partial charge in [-0.05, 0) is 23.8 Å². The fourth-order valence-electron chi connectivity index (χ4n) is 2.35. The lowest BCUT2D eigenvalue weighted by Gasteiger charge is -2.31. The lowest BCUT2D eigenvalue weighted by Crippen LogP contribution is -2.25. The molecule has 0 aliphatic carbocycles. The summed E-state index contributed by atoms with van der Waals surface area (Å²) < 4.78 is 0.227. The van der Waals surface area contributed by atoms with Gasteiger partial charge in [0.2, 0.25) is 0 Å². The van der Waals surface area contributed by atoms with E-state index in [2.05, 4.69) is 74.0 Å². The number of rotatable bonds is 4. The van der Waals surface area contributed by atoms with Crippen LogP contribution in [0.5, 0.6) is 0 Å². The zero-order valence-electron chi connectivity index (χ0n) is 10.2. The maximum atomic E-state index is 3.73. The predicted octanol–water partition coefficient (Wildman–Crippen LogP) is 4.82. The van der Waals surface area contributed by atoms with Crippen molar-refractivity contribution in [2.24, 2.45) is 5.41 Å². The third-order valence-electron chi connectivity index (χ3n) is 2.42. The van der Waals surface area contributed by atoms with Gasteiger partial charge in [0.05, 0.1) is 0 Å². The molecule has 0 heterocycles. The first-order valence-corrected chi connectivity index (χ1v) is 6.31. The standard InChI is InChI=1S/C14H21Br/c1-13(2,11-14(3,4)15)10-12-8-6-5-7-9-12/h5-9H,10-11H2,1-4H3. The van der Waals surface area contributed by atoms with E-state index in [1.807, 2.05) is 0 Å². The fourth-order valence-corrected chi connectivity index (χ4v) is 3.11. The normalized spacial score (nSPS) is 12.9. The van der Waals surface area contributed by atoms with E-state index in [1.165, 1.54) is 12.0 Å². The van der Waals surface area contributed by atoms with E-state index in [9.17, 15) is 0 Å². The van der Waals surface area contributed by atoms with E-state index < -0.39 is 0 Å². The Morgan fingerprint density at radius 3 is 2.00 bits per heavy atom. The van der Waals surface area contributed by atoms with Gasteiger partial charge in [-0.1, -0.05) is 74.0 Å². The van der Waals surface area contributed by atoms with Crippen molar-refractivity contribution in [1.82, 2.24) is 0 Å². The van der Waals surface area contributed by atoms with E-state index >= 15 is 0 Å². The summed E-state index contributed by atoms with van der Waals surface area (Å²) in [7, 11) is 0. The SMILES string of the molecule is CC(C)(Br)CC(C)(C)Cc1ccccc1. The molecule has 1 rings (SSSR count). The molecule has 0 aromatic heterocycles. The van der Waals surface area contributed by atoms with Crippen LogP contribution in [0.3, 0.4) is 0 Å². The molecular formula is C14H21Br. The van der Waals surface area contributed by atoms with Gasteiger partial charge in [0, 0.05) is 4.32 Å². The average Bonchev–Trinajstić information content (AvgIpc) is 1.99. The molecule has 15 heavy (non-hydrogen) atoms. The Labute approximate surface area is 102 Å². The summed E-state index contributed by atoms with van der Waals surface area (Å²) in [6.45, 7) is 9.14. The molecule has 0 spiro atoms. The predicted molar refractivity (Wildman–Crippen MR) is 71.6 cm³/mol. The highest BCUT2D eigenvalue weighted by Crippen LogP contribution is 2.35. The number of benzene rings is 1. The summed E-state index contributed by atoms with van der Waals surface area (Å²) >= 11 is 3.73. The van der Waals surface area contributed by atoms with Crippen LogP contribution in [0.2, 0.25) is 0 Å². The third-order valence-corrected chi connectivity index (χ3v) is 2.70. The molecule has 0 aliphatic heterocycles. The summed E-state index contributed by atoms with van der Waals surface area (Å²) in [5.74, 6) is 0. The Bertz CT molecular complexity index is 293. The zero-order chi connectivity index (χ0) is 11.5. The molecule has 84 valence electrons. The smallest absolute Gasteiger partial charge is 0.0206 e. The van der Waals surface area contributed by atoms with Gasteiger partial charge in [0.1, 0.15) is 0 Å². The Balaban J connectivity index is 2.65. The maximum absolute atomic E-state index is 3.73. The monoisotopic (exact) mass is 268 g/mol. The van der Waals surface area contributed by atoms with E-state index in [1.54, 1.807) is 0 Å². The van der Waals surface area contributed by atoms with Crippen molar-refractivity contribution in [3.05, 3.63) is 35.9 Å². The Morgan fingerprint density at radius 2 is 1.53 bits per heavy atom. The van der Waals surface area contributed by atoms with Gasteiger partial charge < -0.3 is 0 Å².